The van der Waals surface area contributed by atoms with E-state index in [0.717, 1.165) is 78.3 Å². The Morgan fingerprint density at radius 3 is 1.72 bits per heavy atom. The molecule has 7 nitrogen and oxygen atoms in total. The summed E-state index contributed by atoms with van der Waals surface area (Å²) < 4.78 is 0. The molecule has 0 bridgehead atoms. The molecule has 53 heavy (non-hydrogen) atoms. The number of nitrogens with zero attached hydrogens (tertiary/aromatic N) is 5. The third kappa shape index (κ3) is 5.76. The van der Waals surface area contributed by atoms with Crippen molar-refractivity contribution in [3.8, 4) is 56.3 Å². The number of allylic oxidation sites excluding steroid dienone is 1. The molecule has 0 saturated carbocycles. The van der Waals surface area contributed by atoms with Gasteiger partial charge in [0.2, 0.25) is 0 Å². The number of hydrogen-bond donors (Lipinski definition) is 2. The topological polar surface area (TPSA) is 108 Å². The van der Waals surface area contributed by atoms with Crippen molar-refractivity contribution in [3.63, 3.8) is 0 Å². The molecule has 0 amide bonds. The van der Waals surface area contributed by atoms with Gasteiger partial charge >= 0.3 is 0 Å². The maximum Gasteiger partial charge on any atom is 0.136 e. The van der Waals surface area contributed by atoms with Crippen LogP contribution in [0.4, 0.5) is 0 Å². The average Bonchev–Trinajstić information content (AvgIpc) is 3.24. The highest BCUT2D eigenvalue weighted by molar-refractivity contribution is 6.65. The zero-order valence-corrected chi connectivity index (χ0v) is 28.3. The first-order valence-electron chi connectivity index (χ1n) is 17.2. The smallest absolute Gasteiger partial charge is 0.136 e. The van der Waals surface area contributed by atoms with Crippen LogP contribution in [0.3, 0.4) is 0 Å². The predicted molar refractivity (Wildman–Crippen MR) is 213 cm³/mol. The second-order valence-corrected chi connectivity index (χ2v) is 12.7. The first-order chi connectivity index (χ1) is 26.2. The third-order valence-corrected chi connectivity index (χ3v) is 9.52. The number of aromatic nitrogens is 4. The molecule has 0 radical (unpaired) electrons. The predicted octanol–water partition coefficient (Wildman–Crippen LogP) is 10.5. The van der Waals surface area contributed by atoms with E-state index < -0.39 is 0 Å². The van der Waals surface area contributed by atoms with E-state index >= 15 is 0 Å². The normalized spacial score (nSPS) is 13.2. The van der Waals surface area contributed by atoms with Crippen LogP contribution in [-0.2, 0) is 0 Å². The van der Waals surface area contributed by atoms with Crippen LogP contribution >= 0.6 is 0 Å². The number of hydrogen-bond acceptors (Lipinski definition) is 7. The maximum absolute atomic E-state index is 10.6. The van der Waals surface area contributed by atoms with Crippen LogP contribution in [-0.4, -0.2) is 36.6 Å². The molecule has 1 aliphatic carbocycles. The summed E-state index contributed by atoms with van der Waals surface area (Å²) in [6, 6.07) is 49.9. The lowest BCUT2D eigenvalue weighted by Gasteiger charge is -2.24. The number of oxime groups is 1. The largest absolute Gasteiger partial charge is 0.410 e. The maximum atomic E-state index is 10.6. The van der Waals surface area contributed by atoms with E-state index in [9.17, 15) is 10.6 Å². The van der Waals surface area contributed by atoms with Crippen molar-refractivity contribution in [2.45, 2.75) is 0 Å². The standard InChI is InChI=1S/C46H30N6O/c47-44-35(30-12-3-1-4-13-30)28-36-43(46(44)52-53)42-34(16-11-19-39(42)51-45(36)32-14-5-2-6-15-32)31-22-20-29(21-23-31)33-26-40(37-17-7-9-24-48-37)50-41(27-33)38-18-8-10-25-49-38/h1-28,47,53H/b47-44?,52-46-. The molecule has 7 heteroatoms. The summed E-state index contributed by atoms with van der Waals surface area (Å²) in [5.41, 5.74) is 12.7. The highest BCUT2D eigenvalue weighted by Gasteiger charge is 2.30. The quantitative estimate of drug-likeness (QED) is 0.134. The van der Waals surface area contributed by atoms with Gasteiger partial charge in [-0.05, 0) is 76.4 Å². The average molecular weight is 683 g/mol. The molecule has 4 aromatic heterocycles. The van der Waals surface area contributed by atoms with Crippen LogP contribution in [0, 0.1) is 5.41 Å². The molecule has 0 saturated heterocycles. The van der Waals surface area contributed by atoms with E-state index in [2.05, 4.69) is 57.6 Å². The molecule has 250 valence electrons. The summed E-state index contributed by atoms with van der Waals surface area (Å²) in [5.74, 6) is 0. The number of benzene rings is 4. The van der Waals surface area contributed by atoms with Gasteiger partial charge in [0.15, 0.2) is 0 Å². The Morgan fingerprint density at radius 1 is 0.509 bits per heavy atom. The summed E-state index contributed by atoms with van der Waals surface area (Å²) in [6.07, 6.45) is 5.55. The van der Waals surface area contributed by atoms with Crippen LogP contribution in [0.2, 0.25) is 0 Å². The van der Waals surface area contributed by atoms with Gasteiger partial charge in [0, 0.05) is 40.0 Å². The van der Waals surface area contributed by atoms with Gasteiger partial charge in [0.1, 0.15) is 5.71 Å². The molecule has 8 aromatic rings. The fraction of sp³-hybridized carbons (Fsp3) is 0. The first-order valence-corrected chi connectivity index (χ1v) is 17.2. The molecular weight excluding hydrogens is 653 g/mol. The van der Waals surface area contributed by atoms with Crippen molar-refractivity contribution in [1.82, 2.24) is 19.9 Å². The first kappa shape index (κ1) is 31.6. The fourth-order valence-corrected chi connectivity index (χ4v) is 7.02. The summed E-state index contributed by atoms with van der Waals surface area (Å²) >= 11 is 0. The van der Waals surface area contributed by atoms with Gasteiger partial charge < -0.3 is 5.21 Å². The highest BCUT2D eigenvalue weighted by Crippen LogP contribution is 2.42. The Kier molecular flexibility index (Phi) is 7.98. The van der Waals surface area contributed by atoms with Crippen molar-refractivity contribution in [1.29, 1.82) is 5.41 Å². The number of nitrogens with one attached hydrogen (secondary N) is 1. The zero-order valence-electron chi connectivity index (χ0n) is 28.3. The molecule has 0 fully saturated rings. The minimum atomic E-state index is 0.146. The van der Waals surface area contributed by atoms with Gasteiger partial charge in [0.05, 0.1) is 39.7 Å². The molecule has 2 N–H and O–H groups in total. The number of fused-ring (bicyclic) bond motifs is 3. The molecule has 4 aromatic carbocycles. The molecule has 1 aliphatic rings. The van der Waals surface area contributed by atoms with Gasteiger partial charge in [-0.25, -0.2) is 9.97 Å². The Hall–Kier alpha value is -7.38. The molecular formula is C46H30N6O. The summed E-state index contributed by atoms with van der Waals surface area (Å²) in [5, 5.41) is 24.5. The highest BCUT2D eigenvalue weighted by atomic mass is 16.4. The Morgan fingerprint density at radius 2 is 1.11 bits per heavy atom. The third-order valence-electron chi connectivity index (χ3n) is 9.52. The van der Waals surface area contributed by atoms with Crippen molar-refractivity contribution >= 4 is 34.0 Å². The molecule has 9 rings (SSSR count). The monoisotopic (exact) mass is 682 g/mol. The van der Waals surface area contributed by atoms with E-state index in [1.54, 1.807) is 12.4 Å². The van der Waals surface area contributed by atoms with E-state index in [4.69, 9.17) is 9.97 Å². The SMILES string of the molecule is N=C1C(c2ccccc2)=Cc2c(-c3ccccc3)nc3cccc(-c4ccc(-c5cc(-c6ccccn6)nc(-c6ccccn6)c5)cc4)c3c2/C1=N/O. The second kappa shape index (κ2) is 13.4. The summed E-state index contributed by atoms with van der Waals surface area (Å²) in [4.78, 5) is 19.3. The van der Waals surface area contributed by atoms with Crippen molar-refractivity contribution in [3.05, 3.63) is 181 Å². The Labute approximate surface area is 305 Å². The summed E-state index contributed by atoms with van der Waals surface area (Å²) in [7, 11) is 0. The van der Waals surface area contributed by atoms with E-state index in [-0.39, 0.29) is 11.4 Å². The molecule has 0 atom stereocenters. The van der Waals surface area contributed by atoms with Gasteiger partial charge in [0.25, 0.3) is 0 Å². The second-order valence-electron chi connectivity index (χ2n) is 12.7. The van der Waals surface area contributed by atoms with E-state index in [0.29, 0.717) is 11.1 Å². The minimum Gasteiger partial charge on any atom is -0.410 e. The lowest BCUT2D eigenvalue weighted by molar-refractivity contribution is 0.320. The number of rotatable bonds is 6. The zero-order chi connectivity index (χ0) is 35.7. The fourth-order valence-electron chi connectivity index (χ4n) is 7.02. The van der Waals surface area contributed by atoms with Crippen LogP contribution in [0.25, 0.3) is 78.8 Å². The Balaban J connectivity index is 1.22. The van der Waals surface area contributed by atoms with Crippen molar-refractivity contribution in [2.75, 3.05) is 0 Å². The van der Waals surface area contributed by atoms with Crippen molar-refractivity contribution < 1.29 is 5.21 Å². The lowest BCUT2D eigenvalue weighted by Crippen LogP contribution is -2.23. The molecule has 4 heterocycles. The Bertz CT molecular complexity index is 2650. The van der Waals surface area contributed by atoms with Crippen molar-refractivity contribution in [2.24, 2.45) is 5.16 Å². The van der Waals surface area contributed by atoms with Gasteiger partial charge in [-0.3, -0.25) is 15.4 Å². The molecule has 0 unspecified atom stereocenters. The van der Waals surface area contributed by atoms with E-state index in [1.807, 2.05) is 115 Å². The van der Waals surface area contributed by atoms with Gasteiger partial charge in [-0.2, -0.15) is 0 Å². The van der Waals surface area contributed by atoms with Gasteiger partial charge in [-0.15, -0.1) is 0 Å². The molecule has 0 spiro atoms. The minimum absolute atomic E-state index is 0.146. The summed E-state index contributed by atoms with van der Waals surface area (Å²) in [6.45, 7) is 0. The van der Waals surface area contributed by atoms with Crippen LogP contribution < -0.4 is 0 Å². The lowest BCUT2D eigenvalue weighted by atomic mass is 9.81. The van der Waals surface area contributed by atoms with E-state index in [1.165, 1.54) is 0 Å². The molecule has 0 aliphatic heterocycles. The van der Waals surface area contributed by atoms with Crippen LogP contribution in [0.1, 0.15) is 16.7 Å². The van der Waals surface area contributed by atoms with Gasteiger partial charge in [-0.1, -0.05) is 114 Å². The van der Waals surface area contributed by atoms with Crippen LogP contribution in [0.5, 0.6) is 0 Å². The number of pyridine rings is 4. The van der Waals surface area contributed by atoms with Crippen LogP contribution in [0.15, 0.2) is 169 Å².